The molecular formula is C18H19F2N3OS. The van der Waals surface area contributed by atoms with Crippen LogP contribution >= 0.6 is 11.8 Å². The van der Waals surface area contributed by atoms with Crippen LogP contribution in [0.5, 0.6) is 0 Å². The molecule has 0 spiro atoms. The summed E-state index contributed by atoms with van der Waals surface area (Å²) >= 11 is 0.273. The molecule has 1 aromatic heterocycles. The zero-order valence-corrected chi connectivity index (χ0v) is 14.4. The number of piperidine rings is 1. The maximum absolute atomic E-state index is 12.6. The van der Waals surface area contributed by atoms with Crippen LogP contribution in [0.4, 0.5) is 20.2 Å². The quantitative estimate of drug-likeness (QED) is 0.786. The standard InChI is InChI=1S/C18H19F2N3OS/c19-18(20)25-17-15(5-4-10-21-17)16(24)22-13-6-8-14(9-7-13)23-11-2-1-3-12-23/h4-10,18H,1-3,11-12H2,(H,22,24). The van der Waals surface area contributed by atoms with Crippen molar-refractivity contribution in [3.05, 3.63) is 48.2 Å². The molecule has 132 valence electrons. The van der Waals surface area contributed by atoms with E-state index in [-0.39, 0.29) is 22.4 Å². The number of nitrogens with one attached hydrogen (secondary N) is 1. The predicted molar refractivity (Wildman–Crippen MR) is 96.6 cm³/mol. The van der Waals surface area contributed by atoms with Gasteiger partial charge in [0.2, 0.25) is 0 Å². The minimum atomic E-state index is -2.62. The number of rotatable bonds is 5. The normalized spacial score (nSPS) is 14.6. The van der Waals surface area contributed by atoms with Crippen molar-refractivity contribution in [3.63, 3.8) is 0 Å². The number of pyridine rings is 1. The van der Waals surface area contributed by atoms with Crippen molar-refractivity contribution in [2.24, 2.45) is 0 Å². The summed E-state index contributed by atoms with van der Waals surface area (Å²) < 4.78 is 25.2. The Kier molecular flexibility index (Phi) is 5.86. The average molecular weight is 363 g/mol. The molecule has 0 radical (unpaired) electrons. The minimum absolute atomic E-state index is 0.0277. The molecule has 25 heavy (non-hydrogen) atoms. The molecule has 7 heteroatoms. The van der Waals surface area contributed by atoms with Gasteiger partial charge >= 0.3 is 0 Å². The van der Waals surface area contributed by atoms with Crippen LogP contribution in [0.1, 0.15) is 29.6 Å². The van der Waals surface area contributed by atoms with Crippen LogP contribution in [0.15, 0.2) is 47.6 Å². The molecule has 1 N–H and O–H groups in total. The first-order valence-electron chi connectivity index (χ1n) is 8.19. The maximum Gasteiger partial charge on any atom is 0.290 e. The highest BCUT2D eigenvalue weighted by atomic mass is 32.2. The molecule has 2 aromatic rings. The van der Waals surface area contributed by atoms with Gasteiger partial charge in [-0.1, -0.05) is 0 Å². The lowest BCUT2D eigenvalue weighted by atomic mass is 10.1. The summed E-state index contributed by atoms with van der Waals surface area (Å²) in [6.45, 7) is 2.10. The molecule has 0 atom stereocenters. The third kappa shape index (κ3) is 4.69. The Labute approximate surface area is 149 Å². The van der Waals surface area contributed by atoms with Crippen molar-refractivity contribution in [1.82, 2.24) is 4.98 Å². The van der Waals surface area contributed by atoms with Gasteiger partial charge in [0.15, 0.2) is 0 Å². The Hall–Kier alpha value is -2.15. The number of benzene rings is 1. The smallest absolute Gasteiger partial charge is 0.290 e. The lowest BCUT2D eigenvalue weighted by Gasteiger charge is -2.28. The van der Waals surface area contributed by atoms with E-state index in [0.29, 0.717) is 5.69 Å². The minimum Gasteiger partial charge on any atom is -0.372 e. The van der Waals surface area contributed by atoms with Crippen molar-refractivity contribution in [1.29, 1.82) is 0 Å². The van der Waals surface area contributed by atoms with E-state index in [1.165, 1.54) is 31.5 Å². The van der Waals surface area contributed by atoms with Gasteiger partial charge < -0.3 is 10.2 Å². The van der Waals surface area contributed by atoms with Gasteiger partial charge in [-0.25, -0.2) is 4.98 Å². The first kappa shape index (κ1) is 17.7. The van der Waals surface area contributed by atoms with Crippen molar-refractivity contribution in [2.45, 2.75) is 30.0 Å². The Morgan fingerprint density at radius 3 is 2.52 bits per heavy atom. The number of amides is 1. The topological polar surface area (TPSA) is 45.2 Å². The number of anilines is 2. The van der Waals surface area contributed by atoms with Crippen LogP contribution in [0.25, 0.3) is 0 Å². The zero-order valence-electron chi connectivity index (χ0n) is 13.6. The van der Waals surface area contributed by atoms with Gasteiger partial charge in [-0.05, 0) is 67.4 Å². The van der Waals surface area contributed by atoms with Crippen molar-refractivity contribution in [2.75, 3.05) is 23.3 Å². The van der Waals surface area contributed by atoms with Crippen LogP contribution in [-0.2, 0) is 0 Å². The van der Waals surface area contributed by atoms with Crippen molar-refractivity contribution >= 4 is 29.0 Å². The van der Waals surface area contributed by atoms with E-state index in [2.05, 4.69) is 15.2 Å². The second-order valence-electron chi connectivity index (χ2n) is 5.78. The molecule has 0 bridgehead atoms. The summed E-state index contributed by atoms with van der Waals surface area (Å²) in [6, 6.07) is 10.7. The molecule has 1 saturated heterocycles. The maximum atomic E-state index is 12.6. The largest absolute Gasteiger partial charge is 0.372 e. The highest BCUT2D eigenvalue weighted by Gasteiger charge is 2.17. The third-order valence-corrected chi connectivity index (χ3v) is 4.79. The van der Waals surface area contributed by atoms with Crippen LogP contribution in [-0.4, -0.2) is 29.7 Å². The van der Waals surface area contributed by atoms with E-state index in [4.69, 9.17) is 0 Å². The Bertz CT molecular complexity index is 719. The fraction of sp³-hybridized carbons (Fsp3) is 0.333. The summed E-state index contributed by atoms with van der Waals surface area (Å²) in [5, 5.41) is 2.77. The Morgan fingerprint density at radius 2 is 1.84 bits per heavy atom. The number of halogens is 2. The summed E-state index contributed by atoms with van der Waals surface area (Å²) in [5.41, 5.74) is 1.91. The molecule has 2 heterocycles. The molecule has 1 amide bonds. The van der Waals surface area contributed by atoms with Gasteiger partial charge in [-0.3, -0.25) is 4.79 Å². The van der Waals surface area contributed by atoms with Crippen LogP contribution in [0.2, 0.25) is 0 Å². The van der Waals surface area contributed by atoms with E-state index in [0.717, 1.165) is 18.8 Å². The molecule has 0 unspecified atom stereocenters. The van der Waals surface area contributed by atoms with Gasteiger partial charge in [0.25, 0.3) is 11.7 Å². The third-order valence-electron chi connectivity index (χ3n) is 4.06. The molecule has 1 aliphatic rings. The van der Waals surface area contributed by atoms with E-state index < -0.39 is 11.7 Å². The molecule has 3 rings (SSSR count). The van der Waals surface area contributed by atoms with Gasteiger partial charge in [0.05, 0.1) is 5.56 Å². The Balaban J connectivity index is 1.69. The fourth-order valence-electron chi connectivity index (χ4n) is 2.85. The molecule has 4 nitrogen and oxygen atoms in total. The number of alkyl halides is 2. The SMILES string of the molecule is O=C(Nc1ccc(N2CCCCC2)cc1)c1cccnc1SC(F)F. The molecule has 1 fully saturated rings. The number of nitrogens with zero attached hydrogens (tertiary/aromatic N) is 2. The Morgan fingerprint density at radius 1 is 1.12 bits per heavy atom. The number of thioether (sulfide) groups is 1. The molecule has 0 saturated carbocycles. The fourth-order valence-corrected chi connectivity index (χ4v) is 3.43. The van der Waals surface area contributed by atoms with Gasteiger partial charge in [-0.2, -0.15) is 8.78 Å². The van der Waals surface area contributed by atoms with Crippen LogP contribution < -0.4 is 10.2 Å². The number of hydrogen-bond acceptors (Lipinski definition) is 4. The summed E-state index contributed by atoms with van der Waals surface area (Å²) in [5.74, 6) is -3.06. The summed E-state index contributed by atoms with van der Waals surface area (Å²) in [4.78, 5) is 18.6. The van der Waals surface area contributed by atoms with E-state index in [1.54, 1.807) is 6.07 Å². The lowest BCUT2D eigenvalue weighted by Crippen LogP contribution is -2.29. The zero-order chi connectivity index (χ0) is 17.6. The first-order valence-corrected chi connectivity index (χ1v) is 9.07. The lowest BCUT2D eigenvalue weighted by molar-refractivity contribution is 0.102. The number of aromatic nitrogens is 1. The predicted octanol–water partition coefficient (Wildman–Crippen LogP) is 4.64. The van der Waals surface area contributed by atoms with Gasteiger partial charge in [0.1, 0.15) is 5.03 Å². The van der Waals surface area contributed by atoms with Crippen LogP contribution in [0, 0.1) is 0 Å². The van der Waals surface area contributed by atoms with E-state index in [9.17, 15) is 13.6 Å². The molecule has 1 aliphatic heterocycles. The molecule has 1 aromatic carbocycles. The highest BCUT2D eigenvalue weighted by molar-refractivity contribution is 7.99. The number of hydrogen-bond donors (Lipinski definition) is 1. The molecule has 0 aliphatic carbocycles. The van der Waals surface area contributed by atoms with Crippen molar-refractivity contribution < 1.29 is 13.6 Å². The second kappa shape index (κ2) is 8.29. The van der Waals surface area contributed by atoms with Gasteiger partial charge in [-0.15, -0.1) is 0 Å². The monoisotopic (exact) mass is 363 g/mol. The van der Waals surface area contributed by atoms with Crippen LogP contribution in [0.3, 0.4) is 0 Å². The number of carbonyl (C=O) groups excluding carboxylic acids is 1. The summed E-state index contributed by atoms with van der Waals surface area (Å²) in [6.07, 6.45) is 5.07. The summed E-state index contributed by atoms with van der Waals surface area (Å²) in [7, 11) is 0. The highest BCUT2D eigenvalue weighted by Crippen LogP contribution is 2.27. The average Bonchev–Trinajstić information content (AvgIpc) is 2.63. The van der Waals surface area contributed by atoms with E-state index >= 15 is 0 Å². The van der Waals surface area contributed by atoms with E-state index in [1.807, 2.05) is 24.3 Å². The number of carbonyl (C=O) groups is 1. The second-order valence-corrected chi connectivity index (χ2v) is 6.76. The van der Waals surface area contributed by atoms with Crippen molar-refractivity contribution in [3.8, 4) is 0 Å². The van der Waals surface area contributed by atoms with Gasteiger partial charge in [0, 0.05) is 30.7 Å². The molecular weight excluding hydrogens is 344 g/mol. The first-order chi connectivity index (χ1) is 12.1.